The van der Waals surface area contributed by atoms with Crippen molar-refractivity contribution in [3.05, 3.63) is 64.3 Å². The second kappa shape index (κ2) is 10.8. The SMILES string of the molecule is CCCn1c(=O)n(CC(=O)OCC(=O)N2CCN(c3ccc(C(C)=O)cc3F)CC2)c2ccccc21. The molecule has 0 spiro atoms. The van der Waals surface area contributed by atoms with Gasteiger partial charge in [0.25, 0.3) is 5.91 Å². The van der Waals surface area contributed by atoms with Crippen LogP contribution in [0, 0.1) is 5.82 Å². The third-order valence-corrected chi connectivity index (χ3v) is 6.34. The van der Waals surface area contributed by atoms with Gasteiger partial charge in [0.1, 0.15) is 12.4 Å². The average molecular weight is 497 g/mol. The summed E-state index contributed by atoms with van der Waals surface area (Å²) in [4.78, 5) is 52.7. The van der Waals surface area contributed by atoms with Crippen LogP contribution >= 0.6 is 0 Å². The minimum Gasteiger partial charge on any atom is -0.454 e. The molecule has 0 atom stereocenters. The molecule has 3 aromatic rings. The van der Waals surface area contributed by atoms with Crippen molar-refractivity contribution in [3.8, 4) is 0 Å². The summed E-state index contributed by atoms with van der Waals surface area (Å²) in [5, 5.41) is 0. The third kappa shape index (κ3) is 5.17. The molecule has 0 saturated carbocycles. The number of aromatic nitrogens is 2. The van der Waals surface area contributed by atoms with Crippen molar-refractivity contribution in [3.63, 3.8) is 0 Å². The molecular weight excluding hydrogens is 467 g/mol. The number of carbonyl (C=O) groups is 3. The number of ketones is 1. The van der Waals surface area contributed by atoms with Gasteiger partial charge in [0.2, 0.25) is 0 Å². The number of aryl methyl sites for hydroxylation is 1. The second-order valence-electron chi connectivity index (χ2n) is 8.76. The van der Waals surface area contributed by atoms with E-state index >= 15 is 0 Å². The number of anilines is 1. The molecule has 1 saturated heterocycles. The second-order valence-corrected chi connectivity index (χ2v) is 8.76. The highest BCUT2D eigenvalue weighted by molar-refractivity contribution is 5.94. The van der Waals surface area contributed by atoms with E-state index in [0.29, 0.717) is 49.5 Å². The molecule has 0 unspecified atom stereocenters. The molecule has 1 aromatic heterocycles. The number of Topliss-reactive ketones (excluding diaryl/α,β-unsaturated/α-hetero) is 1. The van der Waals surface area contributed by atoms with Crippen LogP contribution in [0.3, 0.4) is 0 Å². The standard InChI is InChI=1S/C26H29FN4O5/c1-3-10-30-22-6-4-5-7-23(22)31(26(30)35)16-25(34)36-17-24(33)29-13-11-28(12-14-29)21-9-8-19(18(2)32)15-20(21)27/h4-9,15H,3,10-14,16-17H2,1-2H3. The Hall–Kier alpha value is -3.95. The van der Waals surface area contributed by atoms with Crippen LogP contribution in [0.2, 0.25) is 0 Å². The van der Waals surface area contributed by atoms with Gasteiger partial charge >= 0.3 is 11.7 Å². The summed E-state index contributed by atoms with van der Waals surface area (Å²) in [6, 6.07) is 11.6. The Labute approximate surface area is 207 Å². The fourth-order valence-electron chi connectivity index (χ4n) is 4.45. The van der Waals surface area contributed by atoms with E-state index in [1.165, 1.54) is 17.6 Å². The molecule has 36 heavy (non-hydrogen) atoms. The highest BCUT2D eigenvalue weighted by atomic mass is 19.1. The predicted octanol–water partition coefficient (Wildman–Crippen LogP) is 2.45. The van der Waals surface area contributed by atoms with Crippen molar-refractivity contribution in [1.82, 2.24) is 14.0 Å². The van der Waals surface area contributed by atoms with E-state index in [2.05, 4.69) is 0 Å². The number of hydrogen-bond donors (Lipinski definition) is 0. The van der Waals surface area contributed by atoms with Crippen molar-refractivity contribution in [2.75, 3.05) is 37.7 Å². The van der Waals surface area contributed by atoms with Crippen LogP contribution < -0.4 is 10.6 Å². The van der Waals surface area contributed by atoms with E-state index in [4.69, 9.17) is 4.74 Å². The lowest BCUT2D eigenvalue weighted by atomic mass is 10.1. The first-order valence-electron chi connectivity index (χ1n) is 12.0. The van der Waals surface area contributed by atoms with Gasteiger partial charge < -0.3 is 14.5 Å². The molecular formula is C26H29FN4O5. The Morgan fingerprint density at radius 1 is 0.972 bits per heavy atom. The number of hydrogen-bond acceptors (Lipinski definition) is 6. The Morgan fingerprint density at radius 3 is 2.25 bits per heavy atom. The van der Waals surface area contributed by atoms with E-state index in [0.717, 1.165) is 11.9 Å². The number of nitrogens with zero attached hydrogens (tertiary/aromatic N) is 4. The molecule has 0 aliphatic carbocycles. The lowest BCUT2D eigenvalue weighted by Crippen LogP contribution is -2.50. The normalized spacial score (nSPS) is 13.8. The zero-order chi connectivity index (χ0) is 25.8. The molecule has 4 rings (SSSR count). The number of amides is 1. The number of ether oxygens (including phenoxy) is 1. The molecule has 0 bridgehead atoms. The summed E-state index contributed by atoms with van der Waals surface area (Å²) >= 11 is 0. The minimum atomic E-state index is -0.670. The number of piperazine rings is 1. The van der Waals surface area contributed by atoms with Gasteiger partial charge in [-0.15, -0.1) is 0 Å². The van der Waals surface area contributed by atoms with Crippen LogP contribution in [0.4, 0.5) is 10.1 Å². The molecule has 2 heterocycles. The van der Waals surface area contributed by atoms with Crippen molar-refractivity contribution >= 4 is 34.4 Å². The minimum absolute atomic E-state index is 0.206. The molecule has 10 heteroatoms. The number of carbonyl (C=O) groups excluding carboxylic acids is 3. The number of imidazole rings is 1. The summed E-state index contributed by atoms with van der Waals surface area (Å²) < 4.78 is 22.6. The third-order valence-electron chi connectivity index (χ3n) is 6.34. The van der Waals surface area contributed by atoms with Crippen LogP contribution in [-0.4, -0.2) is 64.5 Å². The summed E-state index contributed by atoms with van der Waals surface area (Å²) in [6.07, 6.45) is 0.774. The zero-order valence-electron chi connectivity index (χ0n) is 20.4. The molecule has 0 radical (unpaired) electrons. The van der Waals surface area contributed by atoms with E-state index in [-0.39, 0.29) is 23.9 Å². The number of halogens is 1. The van der Waals surface area contributed by atoms with Crippen molar-refractivity contribution < 1.29 is 23.5 Å². The average Bonchev–Trinajstić information content (AvgIpc) is 3.13. The van der Waals surface area contributed by atoms with Crippen LogP contribution in [0.1, 0.15) is 30.6 Å². The summed E-state index contributed by atoms with van der Waals surface area (Å²) in [7, 11) is 0. The molecule has 190 valence electrons. The van der Waals surface area contributed by atoms with Gasteiger partial charge in [-0.2, -0.15) is 0 Å². The van der Waals surface area contributed by atoms with Crippen LogP contribution in [0.15, 0.2) is 47.3 Å². The monoisotopic (exact) mass is 496 g/mol. The van der Waals surface area contributed by atoms with E-state index in [9.17, 15) is 23.6 Å². The first kappa shape index (κ1) is 25.2. The van der Waals surface area contributed by atoms with E-state index in [1.807, 2.05) is 24.0 Å². The maximum Gasteiger partial charge on any atom is 0.329 e. The summed E-state index contributed by atoms with van der Waals surface area (Å²) in [5.74, 6) is -1.71. The quantitative estimate of drug-likeness (QED) is 0.351. The maximum atomic E-state index is 14.5. The molecule has 1 amide bonds. The van der Waals surface area contributed by atoms with Gasteiger partial charge in [-0.3, -0.25) is 23.5 Å². The van der Waals surface area contributed by atoms with Crippen molar-refractivity contribution in [1.29, 1.82) is 0 Å². The number of esters is 1. The van der Waals surface area contributed by atoms with Gasteiger partial charge in [-0.05, 0) is 43.7 Å². The van der Waals surface area contributed by atoms with Gasteiger partial charge in [-0.25, -0.2) is 9.18 Å². The Kier molecular flexibility index (Phi) is 7.52. The van der Waals surface area contributed by atoms with Gasteiger partial charge in [0.05, 0.1) is 16.7 Å². The predicted molar refractivity (Wildman–Crippen MR) is 133 cm³/mol. The Morgan fingerprint density at radius 2 is 1.64 bits per heavy atom. The van der Waals surface area contributed by atoms with Gasteiger partial charge in [0, 0.05) is 38.3 Å². The topological polar surface area (TPSA) is 93.8 Å². The molecule has 0 N–H and O–H groups in total. The van der Waals surface area contributed by atoms with Crippen LogP contribution in [0.25, 0.3) is 11.0 Å². The van der Waals surface area contributed by atoms with Crippen molar-refractivity contribution in [2.24, 2.45) is 0 Å². The first-order valence-corrected chi connectivity index (χ1v) is 12.0. The fraction of sp³-hybridized carbons (Fsp3) is 0.385. The zero-order valence-corrected chi connectivity index (χ0v) is 20.4. The Bertz CT molecular complexity index is 1350. The number of rotatable bonds is 8. The van der Waals surface area contributed by atoms with Crippen molar-refractivity contribution in [2.45, 2.75) is 33.4 Å². The lowest BCUT2D eigenvalue weighted by molar-refractivity contribution is -0.152. The van der Waals surface area contributed by atoms with E-state index in [1.54, 1.807) is 33.7 Å². The number of benzene rings is 2. The number of para-hydroxylation sites is 2. The lowest BCUT2D eigenvalue weighted by Gasteiger charge is -2.36. The molecule has 1 fully saturated rings. The van der Waals surface area contributed by atoms with Crippen LogP contribution in [0.5, 0.6) is 0 Å². The first-order chi connectivity index (χ1) is 17.3. The molecule has 2 aromatic carbocycles. The fourth-order valence-corrected chi connectivity index (χ4v) is 4.45. The van der Waals surface area contributed by atoms with E-state index < -0.39 is 18.4 Å². The summed E-state index contributed by atoms with van der Waals surface area (Å²) in [6.45, 7) is 4.67. The highest BCUT2D eigenvalue weighted by Gasteiger charge is 2.24. The molecule has 9 nitrogen and oxygen atoms in total. The maximum absolute atomic E-state index is 14.5. The highest BCUT2D eigenvalue weighted by Crippen LogP contribution is 2.22. The largest absolute Gasteiger partial charge is 0.454 e. The van der Waals surface area contributed by atoms with Gasteiger partial charge in [-0.1, -0.05) is 19.1 Å². The summed E-state index contributed by atoms with van der Waals surface area (Å²) in [5.41, 5.74) is 1.79. The number of fused-ring (bicyclic) bond motifs is 1. The van der Waals surface area contributed by atoms with Gasteiger partial charge in [0.15, 0.2) is 12.4 Å². The molecule has 1 aliphatic rings. The molecule has 1 aliphatic heterocycles. The Balaban J connectivity index is 1.32. The smallest absolute Gasteiger partial charge is 0.329 e. The van der Waals surface area contributed by atoms with Crippen LogP contribution in [-0.2, 0) is 27.4 Å².